The molecule has 32 heavy (non-hydrogen) atoms. The monoisotopic (exact) mass is 492 g/mol. The van der Waals surface area contributed by atoms with Gasteiger partial charge in [0.1, 0.15) is 0 Å². The zero-order valence-corrected chi connectivity index (χ0v) is 20.7. The summed E-state index contributed by atoms with van der Waals surface area (Å²) in [5.41, 5.74) is 0.808. The highest BCUT2D eigenvalue weighted by molar-refractivity contribution is 7.98. The number of piperidine rings is 1. The van der Waals surface area contributed by atoms with Gasteiger partial charge in [0, 0.05) is 43.5 Å². The van der Waals surface area contributed by atoms with Gasteiger partial charge in [-0.15, -0.1) is 11.8 Å². The number of hydrogen-bond donors (Lipinski definition) is 2. The van der Waals surface area contributed by atoms with Crippen molar-refractivity contribution in [2.45, 2.75) is 36.0 Å². The van der Waals surface area contributed by atoms with Crippen LogP contribution < -0.4 is 10.6 Å². The van der Waals surface area contributed by atoms with E-state index in [1.807, 2.05) is 18.6 Å². The minimum Gasteiger partial charge on any atom is -0.361 e. The number of thioether (sulfide) groups is 1. The smallest absolute Gasteiger partial charge is 0.243 e. The molecule has 4 rings (SSSR count). The Balaban J connectivity index is 1.35. The van der Waals surface area contributed by atoms with Gasteiger partial charge in [0.25, 0.3) is 0 Å². The van der Waals surface area contributed by atoms with Crippen molar-refractivity contribution in [2.75, 3.05) is 43.1 Å². The Morgan fingerprint density at radius 2 is 1.84 bits per heavy atom. The first-order valence-electron chi connectivity index (χ1n) is 10.7. The molecule has 1 unspecified atom stereocenters. The molecule has 0 aliphatic carbocycles. The number of benzene rings is 1. The first-order valence-corrected chi connectivity index (χ1v) is 14.2. The molecular formula is C21H28N6O2S3. The lowest BCUT2D eigenvalue weighted by Gasteiger charge is -2.25. The molecule has 1 fully saturated rings. The summed E-state index contributed by atoms with van der Waals surface area (Å²) in [6, 6.07) is 5.22. The maximum absolute atomic E-state index is 13.0. The molecule has 1 aliphatic rings. The number of nitrogens with one attached hydrogen (secondary N) is 2. The van der Waals surface area contributed by atoms with E-state index in [1.165, 1.54) is 11.3 Å². The van der Waals surface area contributed by atoms with E-state index < -0.39 is 10.0 Å². The second-order valence-corrected chi connectivity index (χ2v) is 11.8. The second kappa shape index (κ2) is 10.3. The molecule has 0 saturated carbocycles. The summed E-state index contributed by atoms with van der Waals surface area (Å²) in [5.74, 6) is 0.943. The molecule has 1 atom stereocenters. The van der Waals surface area contributed by atoms with E-state index in [-0.39, 0.29) is 0 Å². The average Bonchev–Trinajstić information content (AvgIpc) is 3.24. The molecule has 8 nitrogen and oxygen atoms in total. The SMILES string of the molecule is CSc1cnc(NCC(C)CNc2nc3ccc(S(=O)(=O)N4CCCCC4)cc3s2)nc1. The highest BCUT2D eigenvalue weighted by atomic mass is 32.2. The van der Waals surface area contributed by atoms with Gasteiger partial charge in [-0.05, 0) is 43.2 Å². The van der Waals surface area contributed by atoms with Crippen molar-refractivity contribution in [3.63, 3.8) is 0 Å². The zero-order chi connectivity index (χ0) is 22.6. The topological polar surface area (TPSA) is 100 Å². The molecule has 0 bridgehead atoms. The van der Waals surface area contributed by atoms with Gasteiger partial charge in [0.2, 0.25) is 16.0 Å². The minimum atomic E-state index is -3.44. The van der Waals surface area contributed by atoms with Gasteiger partial charge in [-0.3, -0.25) is 0 Å². The Bertz CT molecular complexity index is 1140. The lowest BCUT2D eigenvalue weighted by atomic mass is 10.2. The van der Waals surface area contributed by atoms with Gasteiger partial charge in [0.05, 0.1) is 15.1 Å². The lowest BCUT2D eigenvalue weighted by molar-refractivity contribution is 0.346. The molecule has 3 aromatic rings. The Morgan fingerprint density at radius 1 is 1.12 bits per heavy atom. The number of rotatable bonds is 9. The van der Waals surface area contributed by atoms with E-state index in [0.717, 1.165) is 52.6 Å². The quantitative estimate of drug-likeness (QED) is 0.430. The van der Waals surface area contributed by atoms with Crippen LogP contribution in [0.4, 0.5) is 11.1 Å². The molecule has 0 radical (unpaired) electrons. The Hall–Kier alpha value is -1.95. The number of sulfonamides is 1. The molecule has 2 N–H and O–H groups in total. The van der Waals surface area contributed by atoms with Crippen LogP contribution in [0.15, 0.2) is 40.4 Å². The molecule has 172 valence electrons. The molecule has 0 spiro atoms. The fourth-order valence-electron chi connectivity index (χ4n) is 3.51. The van der Waals surface area contributed by atoms with Crippen molar-refractivity contribution in [1.82, 2.24) is 19.3 Å². The third-order valence-electron chi connectivity index (χ3n) is 5.39. The van der Waals surface area contributed by atoms with Crippen LogP contribution in [0.5, 0.6) is 0 Å². The first kappa shape index (κ1) is 23.2. The van der Waals surface area contributed by atoms with Gasteiger partial charge in [-0.1, -0.05) is 24.7 Å². The van der Waals surface area contributed by atoms with Crippen molar-refractivity contribution in [3.8, 4) is 0 Å². The summed E-state index contributed by atoms with van der Waals surface area (Å²) in [4.78, 5) is 14.6. The van der Waals surface area contributed by atoms with Crippen LogP contribution in [0.2, 0.25) is 0 Å². The summed E-state index contributed by atoms with van der Waals surface area (Å²) in [6.45, 7) is 4.80. The summed E-state index contributed by atoms with van der Waals surface area (Å²) in [5, 5.41) is 7.42. The zero-order valence-electron chi connectivity index (χ0n) is 18.2. The number of hydrogen-bond acceptors (Lipinski definition) is 9. The summed E-state index contributed by atoms with van der Waals surface area (Å²) in [6.07, 6.45) is 8.57. The summed E-state index contributed by atoms with van der Waals surface area (Å²) < 4.78 is 28.4. The highest BCUT2D eigenvalue weighted by Gasteiger charge is 2.26. The molecule has 1 aromatic carbocycles. The van der Waals surface area contributed by atoms with E-state index in [4.69, 9.17) is 0 Å². The van der Waals surface area contributed by atoms with Gasteiger partial charge in [-0.25, -0.2) is 23.4 Å². The van der Waals surface area contributed by atoms with E-state index in [1.54, 1.807) is 34.3 Å². The second-order valence-electron chi connectivity index (χ2n) is 7.93. The van der Waals surface area contributed by atoms with Crippen LogP contribution in [-0.4, -0.2) is 60.1 Å². The van der Waals surface area contributed by atoms with Gasteiger partial charge >= 0.3 is 0 Å². The Kier molecular flexibility index (Phi) is 7.49. The number of aromatic nitrogens is 3. The van der Waals surface area contributed by atoms with Crippen LogP contribution >= 0.6 is 23.1 Å². The van der Waals surface area contributed by atoms with Crippen molar-refractivity contribution in [2.24, 2.45) is 5.92 Å². The van der Waals surface area contributed by atoms with Crippen molar-refractivity contribution in [1.29, 1.82) is 0 Å². The third kappa shape index (κ3) is 5.51. The van der Waals surface area contributed by atoms with E-state index >= 15 is 0 Å². The third-order valence-corrected chi connectivity index (χ3v) is 8.94. The molecule has 1 saturated heterocycles. The van der Waals surface area contributed by atoms with Crippen LogP contribution in [0.1, 0.15) is 26.2 Å². The minimum absolute atomic E-state index is 0.320. The largest absolute Gasteiger partial charge is 0.361 e. The van der Waals surface area contributed by atoms with Crippen LogP contribution in [-0.2, 0) is 10.0 Å². The predicted molar refractivity (Wildman–Crippen MR) is 132 cm³/mol. The first-order chi connectivity index (χ1) is 15.5. The van der Waals surface area contributed by atoms with E-state index in [9.17, 15) is 8.42 Å². The molecular weight excluding hydrogens is 464 g/mol. The summed E-state index contributed by atoms with van der Waals surface area (Å²) >= 11 is 3.10. The Labute approximate surface area is 197 Å². The molecule has 1 aliphatic heterocycles. The highest BCUT2D eigenvalue weighted by Crippen LogP contribution is 2.30. The fraction of sp³-hybridized carbons (Fsp3) is 0.476. The maximum atomic E-state index is 13.0. The maximum Gasteiger partial charge on any atom is 0.243 e. The van der Waals surface area contributed by atoms with Crippen molar-refractivity contribution < 1.29 is 8.42 Å². The molecule has 3 heterocycles. The van der Waals surface area contributed by atoms with Crippen LogP contribution in [0.25, 0.3) is 10.2 Å². The van der Waals surface area contributed by atoms with Crippen molar-refractivity contribution >= 4 is 54.4 Å². The number of thiazole rings is 1. The van der Waals surface area contributed by atoms with Crippen LogP contribution in [0, 0.1) is 5.92 Å². The lowest BCUT2D eigenvalue weighted by Crippen LogP contribution is -2.35. The van der Waals surface area contributed by atoms with Crippen molar-refractivity contribution in [3.05, 3.63) is 30.6 Å². The van der Waals surface area contributed by atoms with Gasteiger partial charge < -0.3 is 10.6 Å². The molecule has 0 amide bonds. The van der Waals surface area contributed by atoms with E-state index in [2.05, 4.69) is 32.5 Å². The number of anilines is 2. The number of fused-ring (bicyclic) bond motifs is 1. The average molecular weight is 493 g/mol. The standard InChI is InChI=1S/C21H28N6O2S3/c1-15(11-22-20-23-13-16(30-2)14-24-20)12-25-21-26-18-7-6-17(10-19(18)31-21)32(28,29)27-8-4-3-5-9-27/h6-7,10,13-15H,3-5,8-9,11-12H2,1-2H3,(H,25,26)(H,22,23,24). The molecule has 2 aromatic heterocycles. The van der Waals surface area contributed by atoms with Gasteiger partial charge in [-0.2, -0.15) is 4.31 Å². The Morgan fingerprint density at radius 3 is 2.56 bits per heavy atom. The predicted octanol–water partition coefficient (Wildman–Crippen LogP) is 4.14. The fourth-order valence-corrected chi connectivity index (χ4v) is 6.35. The van der Waals surface area contributed by atoms with Gasteiger partial charge in [0.15, 0.2) is 5.13 Å². The van der Waals surface area contributed by atoms with E-state index in [0.29, 0.717) is 29.9 Å². The normalized spacial score (nSPS) is 16.2. The molecule has 11 heteroatoms. The number of nitrogens with zero attached hydrogens (tertiary/aromatic N) is 4. The van der Waals surface area contributed by atoms with Crippen LogP contribution in [0.3, 0.4) is 0 Å². The summed E-state index contributed by atoms with van der Waals surface area (Å²) in [7, 11) is -3.44.